The number of carboxylic acid groups (broad SMARTS) is 1. The number of aliphatic carboxylic acids is 1. The molecule has 0 aromatic heterocycles. The summed E-state index contributed by atoms with van der Waals surface area (Å²) < 4.78 is 5.04. The van der Waals surface area contributed by atoms with E-state index in [1.54, 1.807) is 48.5 Å². The number of amides is 2. The van der Waals surface area contributed by atoms with Crippen molar-refractivity contribution in [1.29, 1.82) is 0 Å². The maximum atomic E-state index is 12.0. The van der Waals surface area contributed by atoms with Crippen molar-refractivity contribution >= 4 is 23.5 Å². The Morgan fingerprint density at radius 1 is 1.08 bits per heavy atom. The average molecular weight is 352 g/mol. The van der Waals surface area contributed by atoms with Crippen LogP contribution in [0.1, 0.15) is 12.0 Å². The first kappa shape index (κ1) is 17.3. The number of carbonyl (C=O) groups is 3. The van der Waals surface area contributed by atoms with E-state index in [-0.39, 0.29) is 18.6 Å². The summed E-state index contributed by atoms with van der Waals surface area (Å²) in [5.74, 6) is -1.75. The molecule has 0 aliphatic carbocycles. The summed E-state index contributed by atoms with van der Waals surface area (Å²) >= 11 is 0. The van der Waals surface area contributed by atoms with Crippen molar-refractivity contribution in [2.24, 2.45) is 4.99 Å². The van der Waals surface area contributed by atoms with Crippen molar-refractivity contribution in [3.05, 3.63) is 70.7 Å². The van der Waals surface area contributed by atoms with Gasteiger partial charge in [0.2, 0.25) is 0 Å². The van der Waals surface area contributed by atoms with Crippen LogP contribution in [0.15, 0.2) is 59.6 Å². The number of para-hydroxylation sites is 1. The number of alkyl carbamates (subject to hydrolysis) is 1. The zero-order valence-corrected chi connectivity index (χ0v) is 13.7. The average Bonchev–Trinajstić information content (AvgIpc) is 2.95. The SMILES string of the molecule is O=C(N[C@@H](CC1=c2ccccc2=NC1=O)C(=O)O)OCc1ccccc1. The van der Waals surface area contributed by atoms with Crippen LogP contribution in [0, 0.1) is 0 Å². The summed E-state index contributed by atoms with van der Waals surface area (Å²) in [6.45, 7) is 0.0205. The van der Waals surface area contributed by atoms with Gasteiger partial charge in [0.25, 0.3) is 5.91 Å². The summed E-state index contributed by atoms with van der Waals surface area (Å²) in [7, 11) is 0. The third kappa shape index (κ3) is 3.94. The minimum absolute atomic E-state index is 0.0205. The monoisotopic (exact) mass is 352 g/mol. The van der Waals surface area contributed by atoms with Gasteiger partial charge in [0.15, 0.2) is 0 Å². The molecule has 0 saturated heterocycles. The van der Waals surface area contributed by atoms with Crippen molar-refractivity contribution in [2.75, 3.05) is 0 Å². The van der Waals surface area contributed by atoms with Crippen molar-refractivity contribution in [3.63, 3.8) is 0 Å². The van der Waals surface area contributed by atoms with Crippen LogP contribution >= 0.6 is 0 Å². The Kier molecular flexibility index (Phi) is 5.07. The largest absolute Gasteiger partial charge is 0.480 e. The van der Waals surface area contributed by atoms with Gasteiger partial charge in [-0.05, 0) is 11.6 Å². The number of hydrogen-bond donors (Lipinski definition) is 2. The van der Waals surface area contributed by atoms with Crippen LogP contribution in [0.3, 0.4) is 0 Å². The van der Waals surface area contributed by atoms with E-state index in [9.17, 15) is 19.5 Å². The fourth-order valence-electron chi connectivity index (χ4n) is 2.63. The highest BCUT2D eigenvalue weighted by Gasteiger charge is 2.27. The van der Waals surface area contributed by atoms with Gasteiger partial charge in [-0.15, -0.1) is 0 Å². The third-order valence-electron chi connectivity index (χ3n) is 3.92. The molecule has 7 heteroatoms. The minimum atomic E-state index is -1.29. The van der Waals surface area contributed by atoms with E-state index in [1.165, 1.54) is 0 Å². The molecule has 132 valence electrons. The summed E-state index contributed by atoms with van der Waals surface area (Å²) in [6.07, 6.45) is -1.03. The molecule has 1 aliphatic heterocycles. The van der Waals surface area contributed by atoms with Crippen molar-refractivity contribution < 1.29 is 24.2 Å². The molecule has 0 spiro atoms. The Morgan fingerprint density at radius 3 is 2.50 bits per heavy atom. The fraction of sp³-hybridized carbons (Fsp3) is 0.158. The van der Waals surface area contributed by atoms with Crippen molar-refractivity contribution in [3.8, 4) is 0 Å². The van der Waals surface area contributed by atoms with Crippen LogP contribution < -0.4 is 15.9 Å². The van der Waals surface area contributed by atoms with Crippen LogP contribution in [0.2, 0.25) is 0 Å². The van der Waals surface area contributed by atoms with E-state index in [2.05, 4.69) is 10.3 Å². The Morgan fingerprint density at radius 2 is 1.77 bits per heavy atom. The molecule has 2 amide bonds. The topological polar surface area (TPSA) is 105 Å². The molecule has 1 heterocycles. The molecule has 1 aliphatic rings. The molecule has 3 rings (SSSR count). The van der Waals surface area contributed by atoms with Gasteiger partial charge in [0, 0.05) is 17.2 Å². The Labute approximate surface area is 148 Å². The second kappa shape index (κ2) is 7.60. The van der Waals surface area contributed by atoms with Crippen LogP contribution in [0.4, 0.5) is 4.79 Å². The molecular formula is C19H16N2O5. The molecule has 2 aromatic carbocycles. The number of fused-ring (bicyclic) bond motifs is 1. The van der Waals surface area contributed by atoms with Gasteiger partial charge in [-0.3, -0.25) is 4.79 Å². The fourth-order valence-corrected chi connectivity index (χ4v) is 2.63. The first-order valence-electron chi connectivity index (χ1n) is 7.96. The molecule has 0 unspecified atom stereocenters. The number of nitrogens with zero attached hydrogens (tertiary/aromatic N) is 1. The van der Waals surface area contributed by atoms with Crippen LogP contribution in [-0.2, 0) is 20.9 Å². The first-order valence-corrected chi connectivity index (χ1v) is 7.96. The standard InChI is InChI=1S/C19H16N2O5/c22-17-14(13-8-4-5-9-15(13)20-17)10-16(18(23)24)21-19(25)26-11-12-6-2-1-3-7-12/h1-9,16H,10-11H2,(H,21,25)(H,23,24)/t16-/m0/s1. The predicted molar refractivity (Wildman–Crippen MR) is 91.4 cm³/mol. The summed E-state index contributed by atoms with van der Waals surface area (Å²) in [5, 5.41) is 12.8. The molecule has 0 saturated carbocycles. The van der Waals surface area contributed by atoms with Gasteiger partial charge < -0.3 is 15.2 Å². The molecule has 0 bridgehead atoms. The molecular weight excluding hydrogens is 336 g/mol. The molecule has 2 N–H and O–H groups in total. The molecule has 0 radical (unpaired) electrons. The number of ether oxygens (including phenoxy) is 1. The lowest BCUT2D eigenvalue weighted by atomic mass is 10.0. The van der Waals surface area contributed by atoms with Crippen LogP contribution in [0.25, 0.3) is 5.57 Å². The van der Waals surface area contributed by atoms with E-state index in [0.29, 0.717) is 10.6 Å². The third-order valence-corrected chi connectivity index (χ3v) is 3.92. The van der Waals surface area contributed by atoms with Gasteiger partial charge in [-0.2, -0.15) is 0 Å². The number of rotatable bonds is 6. The molecule has 1 atom stereocenters. The van der Waals surface area contributed by atoms with E-state index in [1.807, 2.05) is 6.07 Å². The number of nitrogens with one attached hydrogen (secondary N) is 1. The quantitative estimate of drug-likeness (QED) is 0.799. The minimum Gasteiger partial charge on any atom is -0.480 e. The smallest absolute Gasteiger partial charge is 0.408 e. The van der Waals surface area contributed by atoms with E-state index >= 15 is 0 Å². The predicted octanol–water partition coefficient (Wildman–Crippen LogP) is 0.767. The summed E-state index contributed by atoms with van der Waals surface area (Å²) in [4.78, 5) is 39.3. The molecule has 2 aromatic rings. The first-order chi connectivity index (χ1) is 12.5. The summed E-state index contributed by atoms with van der Waals surface area (Å²) in [5.41, 5.74) is 1.04. The second-order valence-corrected chi connectivity index (χ2v) is 5.71. The lowest BCUT2D eigenvalue weighted by molar-refractivity contribution is -0.139. The normalized spacial score (nSPS) is 13.5. The molecule has 0 fully saturated rings. The Bertz CT molecular complexity index is 969. The lowest BCUT2D eigenvalue weighted by Crippen LogP contribution is -2.42. The number of benzene rings is 2. The van der Waals surface area contributed by atoms with Crippen LogP contribution in [-0.4, -0.2) is 29.1 Å². The van der Waals surface area contributed by atoms with Gasteiger partial charge >= 0.3 is 12.1 Å². The van der Waals surface area contributed by atoms with E-state index in [0.717, 1.165) is 5.56 Å². The number of hydrogen-bond acceptors (Lipinski definition) is 4. The number of carbonyl (C=O) groups excluding carboxylic acids is 2. The Balaban J connectivity index is 1.69. The van der Waals surface area contributed by atoms with Gasteiger partial charge in [-0.1, -0.05) is 48.5 Å². The van der Waals surface area contributed by atoms with Crippen molar-refractivity contribution in [1.82, 2.24) is 5.32 Å². The highest BCUT2D eigenvalue weighted by molar-refractivity contribution is 6.16. The lowest BCUT2D eigenvalue weighted by Gasteiger charge is -2.14. The van der Waals surface area contributed by atoms with Crippen molar-refractivity contribution in [2.45, 2.75) is 19.1 Å². The number of carboxylic acids is 1. The maximum absolute atomic E-state index is 12.0. The maximum Gasteiger partial charge on any atom is 0.408 e. The van der Waals surface area contributed by atoms with Gasteiger partial charge in [0.1, 0.15) is 12.6 Å². The highest BCUT2D eigenvalue weighted by atomic mass is 16.5. The van der Waals surface area contributed by atoms with Gasteiger partial charge in [0.05, 0.1) is 5.36 Å². The Hall–Kier alpha value is -3.48. The van der Waals surface area contributed by atoms with E-state index < -0.39 is 24.0 Å². The second-order valence-electron chi connectivity index (χ2n) is 5.71. The molecule has 7 nitrogen and oxygen atoms in total. The van der Waals surface area contributed by atoms with Gasteiger partial charge in [-0.25, -0.2) is 14.6 Å². The van der Waals surface area contributed by atoms with Crippen LogP contribution in [0.5, 0.6) is 0 Å². The van der Waals surface area contributed by atoms with E-state index in [4.69, 9.17) is 4.74 Å². The zero-order valence-electron chi connectivity index (χ0n) is 13.7. The zero-order chi connectivity index (χ0) is 18.5. The molecule has 26 heavy (non-hydrogen) atoms. The summed E-state index contributed by atoms with van der Waals surface area (Å²) in [6, 6.07) is 14.6. The highest BCUT2D eigenvalue weighted by Crippen LogP contribution is 2.11.